The van der Waals surface area contributed by atoms with Gasteiger partial charge in [0.25, 0.3) is 0 Å². The molecule has 21 rings (SSSR count). The van der Waals surface area contributed by atoms with Gasteiger partial charge in [0.1, 0.15) is 0 Å². The third-order valence-corrected chi connectivity index (χ3v) is 22.4. The molecule has 4 heteroatoms. The Morgan fingerprint density at radius 3 is 0.838 bits per heavy atom. The van der Waals surface area contributed by atoms with E-state index in [1.807, 2.05) is 0 Å². The number of nitrogens with zero attached hydrogens (tertiary/aromatic N) is 4. The largest absolute Gasteiger partial charge is 0.309 e. The minimum Gasteiger partial charge on any atom is -0.309 e. The summed E-state index contributed by atoms with van der Waals surface area (Å²) < 4.78 is 9.67. The fourth-order valence-corrected chi connectivity index (χ4v) is 17.2. The quantitative estimate of drug-likeness (QED) is 0.137. The molecule has 4 nitrogen and oxygen atoms in total. The van der Waals surface area contributed by atoms with Crippen LogP contribution in [-0.2, 0) is 5.41 Å². The van der Waals surface area contributed by atoms with Crippen LogP contribution >= 0.6 is 0 Å². The minimum atomic E-state index is -0.0543. The highest BCUT2D eigenvalue weighted by Crippen LogP contribution is 2.50. The summed E-state index contributed by atoms with van der Waals surface area (Å²) in [6, 6.07) is 134. The predicted octanol–water partition coefficient (Wildman–Crippen LogP) is 27.0. The van der Waals surface area contributed by atoms with E-state index in [0.717, 1.165) is 17.1 Å². The molecule has 496 valence electrons. The highest BCUT2D eigenvalue weighted by molar-refractivity contribution is 6.15. The van der Waals surface area contributed by atoms with E-state index in [1.54, 1.807) is 0 Å². The van der Waals surface area contributed by atoms with Gasteiger partial charge in [-0.15, -0.1) is 0 Å². The Balaban J connectivity index is 0.000000139. The zero-order chi connectivity index (χ0) is 70.0. The van der Waals surface area contributed by atoms with E-state index in [4.69, 9.17) is 0 Å². The van der Waals surface area contributed by atoms with Crippen molar-refractivity contribution < 1.29 is 0 Å². The van der Waals surface area contributed by atoms with Crippen LogP contribution in [0.5, 0.6) is 0 Å². The molecular formula is C101H72N4. The molecule has 20 aromatic rings. The molecule has 0 saturated carbocycles. The lowest BCUT2D eigenvalue weighted by molar-refractivity contribution is 0.660. The molecule has 0 spiro atoms. The molecule has 105 heavy (non-hydrogen) atoms. The van der Waals surface area contributed by atoms with Crippen molar-refractivity contribution in [3.05, 3.63) is 386 Å². The molecule has 4 aromatic heterocycles. The summed E-state index contributed by atoms with van der Waals surface area (Å²) >= 11 is 0. The molecule has 4 heterocycles. The van der Waals surface area contributed by atoms with Crippen LogP contribution in [0.25, 0.3) is 177 Å². The van der Waals surface area contributed by atoms with Crippen molar-refractivity contribution in [2.75, 3.05) is 0 Å². The van der Waals surface area contributed by atoms with Gasteiger partial charge >= 0.3 is 0 Å². The lowest BCUT2D eigenvalue weighted by Gasteiger charge is -2.22. The third-order valence-electron chi connectivity index (χ3n) is 22.4. The van der Waals surface area contributed by atoms with Crippen LogP contribution in [0, 0.1) is 13.8 Å². The van der Waals surface area contributed by atoms with Crippen molar-refractivity contribution in [2.45, 2.75) is 33.1 Å². The van der Waals surface area contributed by atoms with Gasteiger partial charge in [0.05, 0.1) is 44.1 Å². The van der Waals surface area contributed by atoms with Gasteiger partial charge in [-0.25, -0.2) is 0 Å². The molecule has 0 aliphatic heterocycles. The van der Waals surface area contributed by atoms with E-state index >= 15 is 0 Å². The zero-order valence-electron chi connectivity index (χ0n) is 58.9. The number of rotatable bonds is 9. The van der Waals surface area contributed by atoms with E-state index in [-0.39, 0.29) is 5.41 Å². The first kappa shape index (κ1) is 61.6. The maximum Gasteiger partial charge on any atom is 0.0541 e. The second kappa shape index (κ2) is 24.5. The number of hydrogen-bond acceptors (Lipinski definition) is 0. The van der Waals surface area contributed by atoms with Crippen LogP contribution in [0.3, 0.4) is 0 Å². The van der Waals surface area contributed by atoms with E-state index in [9.17, 15) is 0 Å². The van der Waals surface area contributed by atoms with Crippen LogP contribution in [0.2, 0.25) is 0 Å². The number of aromatic nitrogens is 4. The summed E-state index contributed by atoms with van der Waals surface area (Å²) in [5.41, 5.74) is 34.6. The number of hydrogen-bond donors (Lipinski definition) is 0. The molecule has 0 bridgehead atoms. The van der Waals surface area contributed by atoms with Gasteiger partial charge in [0.15, 0.2) is 0 Å². The summed E-state index contributed by atoms with van der Waals surface area (Å²) in [6.07, 6.45) is 0. The molecule has 0 N–H and O–H groups in total. The molecule has 16 aromatic carbocycles. The first-order valence-electron chi connectivity index (χ1n) is 36.5. The first-order chi connectivity index (χ1) is 51.6. The zero-order valence-corrected chi connectivity index (χ0v) is 58.9. The number of para-hydroxylation sites is 2. The standard InChI is InChI=1S/C51H36N2.C50H36N2/c1-51(2)45-17-9-6-14-39(45)40-27-26-38(32-46(40)51)53-48-19-11-8-16-42(48)44-31-36(23-29-50(44)53)35-22-28-49-43(30-35)41-15-7-10-18-47(41)52(49)37-24-20-34(21-25-37)33-12-4-3-5-13-33;1-33-13-25-47-43(29-33)45-31-39(19-27-49(45)51(47)41-21-15-37(16-22-41)35-9-5-3-6-10-35)40-20-28-50-46(32-40)44-30-34(2)14-26-48(44)52(50)42-23-17-38(18-24-42)36-11-7-4-8-12-36/h3-32H,1-2H3;3-32H,1-2H3. The molecule has 0 saturated heterocycles. The Labute approximate surface area is 610 Å². The SMILES string of the molecule is CC1(C)c2ccccc2-c2ccc(-n3c4ccccc4c4cc(-c5ccc6c(c5)c5ccccc5n6-c5ccc(-c6ccccc6)cc5)ccc43)cc21.Cc1ccc2c(c1)c1cc(-c3ccc4c(c3)c3cc(C)ccc3n4-c3ccc(-c4ccccc4)cc3)ccc1n2-c1ccc(-c2ccccc2)cc1. The molecule has 0 amide bonds. The third kappa shape index (κ3) is 10.2. The first-order valence-corrected chi connectivity index (χ1v) is 36.5. The monoisotopic (exact) mass is 1340 g/mol. The van der Waals surface area contributed by atoms with Gasteiger partial charge in [-0.3, -0.25) is 0 Å². The van der Waals surface area contributed by atoms with Gasteiger partial charge in [0.2, 0.25) is 0 Å². The van der Waals surface area contributed by atoms with Crippen molar-refractivity contribution >= 4 is 87.2 Å². The average molecular weight is 1340 g/mol. The van der Waals surface area contributed by atoms with Crippen LogP contribution in [-0.4, -0.2) is 18.3 Å². The Kier molecular flexibility index (Phi) is 14.4. The van der Waals surface area contributed by atoms with Crippen molar-refractivity contribution in [2.24, 2.45) is 0 Å². The van der Waals surface area contributed by atoms with Crippen LogP contribution in [0.1, 0.15) is 36.1 Å². The summed E-state index contributed by atoms with van der Waals surface area (Å²) in [5.74, 6) is 0. The summed E-state index contributed by atoms with van der Waals surface area (Å²) in [5, 5.41) is 10.1. The number of benzene rings is 16. The van der Waals surface area contributed by atoms with Crippen molar-refractivity contribution in [1.82, 2.24) is 18.3 Å². The highest BCUT2D eigenvalue weighted by Gasteiger charge is 2.35. The Morgan fingerprint density at radius 1 is 0.181 bits per heavy atom. The van der Waals surface area contributed by atoms with Gasteiger partial charge in [-0.05, 0) is 225 Å². The topological polar surface area (TPSA) is 19.7 Å². The Bertz CT molecular complexity index is 6620. The summed E-state index contributed by atoms with van der Waals surface area (Å²) in [6.45, 7) is 9.08. The van der Waals surface area contributed by atoms with Crippen molar-refractivity contribution in [1.29, 1.82) is 0 Å². The summed E-state index contributed by atoms with van der Waals surface area (Å²) in [7, 11) is 0. The molecule has 1 aliphatic carbocycles. The van der Waals surface area contributed by atoms with E-state index < -0.39 is 0 Å². The Hall–Kier alpha value is -13.3. The maximum absolute atomic E-state index is 2.45. The van der Waals surface area contributed by atoms with Crippen LogP contribution < -0.4 is 0 Å². The molecular weight excluding hydrogens is 1270 g/mol. The van der Waals surface area contributed by atoms with Gasteiger partial charge in [-0.1, -0.05) is 255 Å². The van der Waals surface area contributed by atoms with Gasteiger partial charge in [0, 0.05) is 71.3 Å². The van der Waals surface area contributed by atoms with Crippen molar-refractivity contribution in [3.63, 3.8) is 0 Å². The van der Waals surface area contributed by atoms with E-state index in [2.05, 4.69) is 410 Å². The predicted molar refractivity (Wildman–Crippen MR) is 444 cm³/mol. The second-order valence-electron chi connectivity index (χ2n) is 29.0. The summed E-state index contributed by atoms with van der Waals surface area (Å²) in [4.78, 5) is 0. The van der Waals surface area contributed by atoms with E-state index in [1.165, 1.54) is 182 Å². The van der Waals surface area contributed by atoms with Gasteiger partial charge in [-0.2, -0.15) is 0 Å². The minimum absolute atomic E-state index is 0.0543. The lowest BCUT2D eigenvalue weighted by Crippen LogP contribution is -2.15. The van der Waals surface area contributed by atoms with Gasteiger partial charge < -0.3 is 18.3 Å². The van der Waals surface area contributed by atoms with Crippen LogP contribution in [0.15, 0.2) is 364 Å². The maximum atomic E-state index is 2.45. The smallest absolute Gasteiger partial charge is 0.0541 e. The number of aryl methyl sites for hydroxylation is 2. The molecule has 0 atom stereocenters. The fraction of sp³-hybridized carbons (Fsp3) is 0.0495. The lowest BCUT2D eigenvalue weighted by atomic mass is 9.82. The highest BCUT2D eigenvalue weighted by atomic mass is 15.0. The molecule has 1 aliphatic rings. The second-order valence-corrected chi connectivity index (χ2v) is 29.0. The number of fused-ring (bicyclic) bond motifs is 15. The Morgan fingerprint density at radius 2 is 0.448 bits per heavy atom. The fourth-order valence-electron chi connectivity index (χ4n) is 17.2. The normalized spacial score (nSPS) is 12.5. The van der Waals surface area contributed by atoms with Crippen LogP contribution in [0.4, 0.5) is 0 Å². The van der Waals surface area contributed by atoms with E-state index in [0.29, 0.717) is 0 Å². The van der Waals surface area contributed by atoms with Crippen molar-refractivity contribution in [3.8, 4) is 89.5 Å². The molecule has 0 radical (unpaired) electrons. The average Bonchev–Trinajstić information content (AvgIpc) is 1.60. The molecule has 0 unspecified atom stereocenters. The molecule has 0 fully saturated rings.